The van der Waals surface area contributed by atoms with E-state index in [0.29, 0.717) is 12.3 Å². The van der Waals surface area contributed by atoms with Crippen LogP contribution in [0.15, 0.2) is 24.5 Å². The van der Waals surface area contributed by atoms with Crippen LogP contribution in [-0.4, -0.2) is 17.7 Å². The van der Waals surface area contributed by atoms with Crippen LogP contribution >= 0.6 is 0 Å². The molecule has 0 aliphatic carbocycles. The molecule has 1 N–H and O–H groups in total. The van der Waals surface area contributed by atoms with Gasteiger partial charge in [0.25, 0.3) is 0 Å². The Hall–Kier alpha value is -1.58. The number of nitrogens with one attached hydrogen (secondary N) is 1. The minimum absolute atomic E-state index is 0.413. The highest BCUT2D eigenvalue weighted by molar-refractivity contribution is 5.84. The molecule has 0 aliphatic rings. The summed E-state index contributed by atoms with van der Waals surface area (Å²) in [5.74, 6) is 0. The number of rotatable bonds is 6. The number of carbonyl (C=O) groups excluding carboxylic acids is 1. The molecule has 1 aromatic heterocycles. The number of unbranched alkanes of at least 4 members (excludes halogenated alkanes) is 3. The van der Waals surface area contributed by atoms with E-state index >= 15 is 0 Å². The maximum atomic E-state index is 11.3. The lowest BCUT2D eigenvalue weighted by atomic mass is 10.2. The first kappa shape index (κ1) is 12.5. The van der Waals surface area contributed by atoms with E-state index in [-0.39, 0.29) is 0 Å². The molecule has 88 valence electrons. The highest BCUT2D eigenvalue weighted by Crippen LogP contribution is 2.04. The minimum atomic E-state index is -0.413. The number of hydrogen-bond acceptors (Lipinski definition) is 3. The number of hydrogen-bond donors (Lipinski definition) is 1. The summed E-state index contributed by atoms with van der Waals surface area (Å²) < 4.78 is 5.01. The highest BCUT2D eigenvalue weighted by atomic mass is 16.5. The molecule has 4 nitrogen and oxygen atoms in total. The van der Waals surface area contributed by atoms with E-state index in [1.165, 1.54) is 12.8 Å². The Morgan fingerprint density at radius 1 is 1.44 bits per heavy atom. The molecule has 0 saturated carbocycles. The van der Waals surface area contributed by atoms with Gasteiger partial charge in [-0.15, -0.1) is 0 Å². The Morgan fingerprint density at radius 3 is 3.00 bits per heavy atom. The molecule has 0 spiro atoms. The largest absolute Gasteiger partial charge is 0.449 e. The molecule has 1 rings (SSSR count). The summed E-state index contributed by atoms with van der Waals surface area (Å²) in [5, 5.41) is 2.61. The van der Waals surface area contributed by atoms with Gasteiger partial charge in [0.15, 0.2) is 0 Å². The number of ether oxygens (including phenoxy) is 1. The molecule has 0 aromatic carbocycles. The second-order valence-electron chi connectivity index (χ2n) is 3.56. The van der Waals surface area contributed by atoms with Crippen molar-refractivity contribution < 1.29 is 9.53 Å². The summed E-state index contributed by atoms with van der Waals surface area (Å²) in [4.78, 5) is 15.2. The van der Waals surface area contributed by atoms with Crippen LogP contribution in [0.1, 0.15) is 32.6 Å². The Labute approximate surface area is 96.0 Å². The Kier molecular flexibility index (Phi) is 5.99. The Balaban J connectivity index is 2.12. The maximum absolute atomic E-state index is 11.3. The van der Waals surface area contributed by atoms with Crippen molar-refractivity contribution in [1.82, 2.24) is 4.98 Å². The normalized spacial score (nSPS) is 9.81. The Morgan fingerprint density at radius 2 is 2.31 bits per heavy atom. The second-order valence-corrected chi connectivity index (χ2v) is 3.56. The number of amides is 1. The van der Waals surface area contributed by atoms with Gasteiger partial charge in [0.1, 0.15) is 0 Å². The van der Waals surface area contributed by atoms with E-state index < -0.39 is 6.09 Å². The SMILES string of the molecule is CCCCCCOC(=O)Nc1cccnc1. The van der Waals surface area contributed by atoms with Crippen molar-refractivity contribution in [3.05, 3.63) is 24.5 Å². The van der Waals surface area contributed by atoms with Crippen LogP contribution in [0.4, 0.5) is 10.5 Å². The zero-order chi connectivity index (χ0) is 11.6. The van der Waals surface area contributed by atoms with Crippen LogP contribution in [0.25, 0.3) is 0 Å². The number of carbonyl (C=O) groups is 1. The molecule has 0 aliphatic heterocycles. The predicted molar refractivity (Wildman–Crippen MR) is 63.3 cm³/mol. The van der Waals surface area contributed by atoms with Gasteiger partial charge in [0.05, 0.1) is 18.5 Å². The van der Waals surface area contributed by atoms with Crippen LogP contribution in [0, 0.1) is 0 Å². The molecule has 0 saturated heterocycles. The zero-order valence-electron chi connectivity index (χ0n) is 9.61. The van der Waals surface area contributed by atoms with Gasteiger partial charge in [-0.05, 0) is 18.6 Å². The van der Waals surface area contributed by atoms with Crippen molar-refractivity contribution >= 4 is 11.8 Å². The van der Waals surface area contributed by atoms with Gasteiger partial charge in [0.2, 0.25) is 0 Å². The Bertz CT molecular complexity index is 301. The molecule has 0 bridgehead atoms. The fourth-order valence-electron chi connectivity index (χ4n) is 1.28. The fourth-order valence-corrected chi connectivity index (χ4v) is 1.28. The third-order valence-corrected chi connectivity index (χ3v) is 2.14. The number of pyridine rings is 1. The van der Waals surface area contributed by atoms with Crippen molar-refractivity contribution in [2.45, 2.75) is 32.6 Å². The molecule has 4 heteroatoms. The van der Waals surface area contributed by atoms with E-state index in [1.54, 1.807) is 24.5 Å². The smallest absolute Gasteiger partial charge is 0.411 e. The van der Waals surface area contributed by atoms with Crippen molar-refractivity contribution in [3.63, 3.8) is 0 Å². The third kappa shape index (κ3) is 5.34. The van der Waals surface area contributed by atoms with Gasteiger partial charge in [0, 0.05) is 6.20 Å². The highest BCUT2D eigenvalue weighted by Gasteiger charge is 2.01. The number of anilines is 1. The van der Waals surface area contributed by atoms with Gasteiger partial charge in [-0.2, -0.15) is 0 Å². The van der Waals surface area contributed by atoms with Crippen molar-refractivity contribution in [2.24, 2.45) is 0 Å². The topological polar surface area (TPSA) is 51.2 Å². The van der Waals surface area contributed by atoms with Gasteiger partial charge < -0.3 is 4.74 Å². The molecule has 1 aromatic rings. The second kappa shape index (κ2) is 7.68. The van der Waals surface area contributed by atoms with Crippen molar-refractivity contribution in [3.8, 4) is 0 Å². The summed E-state index contributed by atoms with van der Waals surface area (Å²) in [6, 6.07) is 3.53. The lowest BCUT2D eigenvalue weighted by Crippen LogP contribution is -2.14. The van der Waals surface area contributed by atoms with Gasteiger partial charge in [-0.3, -0.25) is 10.3 Å². The van der Waals surface area contributed by atoms with Crippen LogP contribution in [0.2, 0.25) is 0 Å². The van der Waals surface area contributed by atoms with Crippen LogP contribution in [-0.2, 0) is 4.74 Å². The third-order valence-electron chi connectivity index (χ3n) is 2.14. The van der Waals surface area contributed by atoms with E-state index in [4.69, 9.17) is 4.74 Å². The fraction of sp³-hybridized carbons (Fsp3) is 0.500. The summed E-state index contributed by atoms with van der Waals surface area (Å²) in [5.41, 5.74) is 0.654. The average Bonchev–Trinajstić information content (AvgIpc) is 2.30. The van der Waals surface area contributed by atoms with Crippen LogP contribution in [0.3, 0.4) is 0 Å². The molecular weight excluding hydrogens is 204 g/mol. The van der Waals surface area contributed by atoms with E-state index in [0.717, 1.165) is 12.8 Å². The summed E-state index contributed by atoms with van der Waals surface area (Å²) in [6.45, 7) is 2.63. The maximum Gasteiger partial charge on any atom is 0.411 e. The van der Waals surface area contributed by atoms with Crippen molar-refractivity contribution in [2.75, 3.05) is 11.9 Å². The average molecular weight is 222 g/mol. The summed E-state index contributed by atoms with van der Waals surface area (Å²) >= 11 is 0. The first-order valence-electron chi connectivity index (χ1n) is 5.66. The van der Waals surface area contributed by atoms with Gasteiger partial charge >= 0.3 is 6.09 Å². The molecule has 16 heavy (non-hydrogen) atoms. The quantitative estimate of drug-likeness (QED) is 0.752. The molecule has 0 fully saturated rings. The van der Waals surface area contributed by atoms with Gasteiger partial charge in [-0.25, -0.2) is 4.79 Å². The van der Waals surface area contributed by atoms with Gasteiger partial charge in [-0.1, -0.05) is 26.2 Å². The molecular formula is C12H18N2O2. The van der Waals surface area contributed by atoms with Crippen LogP contribution in [0.5, 0.6) is 0 Å². The lowest BCUT2D eigenvalue weighted by Gasteiger charge is -2.05. The molecule has 0 unspecified atom stereocenters. The zero-order valence-corrected chi connectivity index (χ0v) is 9.61. The van der Waals surface area contributed by atoms with E-state index in [1.807, 2.05) is 0 Å². The van der Waals surface area contributed by atoms with E-state index in [2.05, 4.69) is 17.2 Å². The van der Waals surface area contributed by atoms with E-state index in [9.17, 15) is 4.79 Å². The predicted octanol–water partition coefficient (Wildman–Crippen LogP) is 3.21. The molecule has 1 amide bonds. The minimum Gasteiger partial charge on any atom is -0.449 e. The first-order valence-corrected chi connectivity index (χ1v) is 5.66. The number of nitrogens with zero attached hydrogens (tertiary/aromatic N) is 1. The molecule has 0 atom stereocenters. The first-order chi connectivity index (χ1) is 7.83. The number of aromatic nitrogens is 1. The summed E-state index contributed by atoms with van der Waals surface area (Å²) in [6.07, 6.45) is 7.23. The molecule has 0 radical (unpaired) electrons. The monoisotopic (exact) mass is 222 g/mol. The van der Waals surface area contributed by atoms with Crippen LogP contribution < -0.4 is 5.32 Å². The standard InChI is InChI=1S/C12H18N2O2/c1-2-3-4-5-9-16-12(15)14-11-7-6-8-13-10-11/h6-8,10H,2-5,9H2,1H3,(H,14,15). The lowest BCUT2D eigenvalue weighted by molar-refractivity contribution is 0.159. The summed E-state index contributed by atoms with van der Waals surface area (Å²) in [7, 11) is 0. The molecule has 1 heterocycles. The van der Waals surface area contributed by atoms with Crippen molar-refractivity contribution in [1.29, 1.82) is 0 Å².